The fourth-order valence-corrected chi connectivity index (χ4v) is 1.51. The summed E-state index contributed by atoms with van der Waals surface area (Å²) in [5, 5.41) is 8.66. The molecule has 0 amide bonds. The summed E-state index contributed by atoms with van der Waals surface area (Å²) in [7, 11) is 0. The molecular weight excluding hydrogens is 207 g/mol. The van der Waals surface area contributed by atoms with E-state index in [-0.39, 0.29) is 24.1 Å². The van der Waals surface area contributed by atoms with Crippen molar-refractivity contribution in [2.45, 2.75) is 26.7 Å². The number of halogens is 1. The van der Waals surface area contributed by atoms with Crippen LogP contribution in [0.25, 0.3) is 0 Å². The van der Waals surface area contributed by atoms with Crippen LogP contribution in [-0.2, 0) is 6.42 Å². The fourth-order valence-electron chi connectivity index (χ4n) is 1.51. The Balaban J connectivity index is 2.86. The first-order valence-electron chi connectivity index (χ1n) is 5.49. The molecule has 1 N–H and O–H groups in total. The molecule has 0 aliphatic heterocycles. The molecule has 0 unspecified atom stereocenters. The summed E-state index contributed by atoms with van der Waals surface area (Å²) in [6.07, 6.45) is 1.03. The second-order valence-electron chi connectivity index (χ2n) is 4.15. The molecule has 0 aromatic heterocycles. The lowest BCUT2D eigenvalue weighted by Gasteiger charge is -2.07. The van der Waals surface area contributed by atoms with Crippen molar-refractivity contribution in [3.05, 3.63) is 35.1 Å². The predicted molar refractivity (Wildman–Crippen MR) is 61.0 cm³/mol. The largest absolute Gasteiger partial charge is 0.396 e. The van der Waals surface area contributed by atoms with Crippen LogP contribution in [0.3, 0.4) is 0 Å². The lowest BCUT2D eigenvalue weighted by atomic mass is 9.98. The molecule has 16 heavy (non-hydrogen) atoms. The molecule has 0 fully saturated rings. The maximum absolute atomic E-state index is 13.6. The summed E-state index contributed by atoms with van der Waals surface area (Å²) in [4.78, 5) is 11.6. The third kappa shape index (κ3) is 3.14. The van der Waals surface area contributed by atoms with Gasteiger partial charge in [-0.3, -0.25) is 4.79 Å². The number of carbonyl (C=O) groups excluding carboxylic acids is 1. The molecule has 0 saturated heterocycles. The van der Waals surface area contributed by atoms with Crippen LogP contribution in [-0.4, -0.2) is 17.5 Å². The van der Waals surface area contributed by atoms with Crippen LogP contribution in [0.4, 0.5) is 4.39 Å². The lowest BCUT2D eigenvalue weighted by molar-refractivity contribution is 0.0939. The number of Topliss-reactive ketones (excluding diaryl/α,β-unsaturated/α-hetero) is 1. The first-order chi connectivity index (χ1) is 7.56. The maximum atomic E-state index is 13.6. The minimum Gasteiger partial charge on any atom is -0.396 e. The fraction of sp³-hybridized carbons (Fsp3) is 0.462. The van der Waals surface area contributed by atoms with Gasteiger partial charge in [-0.2, -0.15) is 0 Å². The van der Waals surface area contributed by atoms with Crippen molar-refractivity contribution in [3.8, 4) is 0 Å². The van der Waals surface area contributed by atoms with Gasteiger partial charge in [-0.25, -0.2) is 4.39 Å². The summed E-state index contributed by atoms with van der Waals surface area (Å²) in [5.74, 6) is -0.532. The Morgan fingerprint density at radius 3 is 2.62 bits per heavy atom. The molecule has 0 radical (unpaired) electrons. The highest BCUT2D eigenvalue weighted by atomic mass is 19.1. The standard InChI is InChI=1S/C13H17FO2/c1-9(2)13(16)11-6-5-10(4-3-7-15)12(14)8-11/h5-6,8-9,15H,3-4,7H2,1-2H3. The third-order valence-electron chi connectivity index (χ3n) is 2.47. The number of hydrogen-bond acceptors (Lipinski definition) is 2. The van der Waals surface area contributed by atoms with Crippen molar-refractivity contribution < 1.29 is 14.3 Å². The van der Waals surface area contributed by atoms with Gasteiger partial charge in [0.05, 0.1) is 0 Å². The van der Waals surface area contributed by atoms with Gasteiger partial charge in [0.2, 0.25) is 0 Å². The Morgan fingerprint density at radius 2 is 2.12 bits per heavy atom. The minimum absolute atomic E-state index is 0.0477. The van der Waals surface area contributed by atoms with Gasteiger partial charge in [-0.05, 0) is 24.5 Å². The quantitative estimate of drug-likeness (QED) is 0.780. The van der Waals surface area contributed by atoms with Crippen LogP contribution in [0, 0.1) is 11.7 Å². The highest BCUT2D eigenvalue weighted by molar-refractivity contribution is 5.97. The molecule has 2 nitrogen and oxygen atoms in total. The van der Waals surface area contributed by atoms with Crippen LogP contribution in [0.1, 0.15) is 36.2 Å². The molecule has 3 heteroatoms. The summed E-state index contributed by atoms with van der Waals surface area (Å²) in [6.45, 7) is 3.63. The van der Waals surface area contributed by atoms with Gasteiger partial charge in [0.25, 0.3) is 0 Å². The summed E-state index contributed by atoms with van der Waals surface area (Å²) in [6, 6.07) is 4.56. The molecule has 0 aliphatic carbocycles. The minimum atomic E-state index is -0.361. The van der Waals surface area contributed by atoms with E-state index in [1.165, 1.54) is 6.07 Å². The third-order valence-corrected chi connectivity index (χ3v) is 2.47. The van der Waals surface area contributed by atoms with E-state index in [0.717, 1.165) is 0 Å². The Morgan fingerprint density at radius 1 is 1.44 bits per heavy atom. The van der Waals surface area contributed by atoms with Crippen LogP contribution >= 0.6 is 0 Å². The topological polar surface area (TPSA) is 37.3 Å². The molecule has 1 aromatic rings. The molecule has 0 spiro atoms. The SMILES string of the molecule is CC(C)C(=O)c1ccc(CCCO)c(F)c1. The lowest BCUT2D eigenvalue weighted by Crippen LogP contribution is -2.08. The monoisotopic (exact) mass is 224 g/mol. The number of ketones is 1. The second kappa shape index (κ2) is 5.75. The number of rotatable bonds is 5. The summed E-state index contributed by atoms with van der Waals surface area (Å²) < 4.78 is 13.6. The highest BCUT2D eigenvalue weighted by Gasteiger charge is 2.12. The predicted octanol–water partition coefficient (Wildman–Crippen LogP) is 2.59. The van der Waals surface area contributed by atoms with Crippen molar-refractivity contribution in [2.75, 3.05) is 6.61 Å². The van der Waals surface area contributed by atoms with E-state index in [2.05, 4.69) is 0 Å². The first kappa shape index (κ1) is 12.8. The number of benzene rings is 1. The van der Waals surface area contributed by atoms with Gasteiger partial charge >= 0.3 is 0 Å². The van der Waals surface area contributed by atoms with E-state index >= 15 is 0 Å². The number of aliphatic hydroxyl groups excluding tert-OH is 1. The molecular formula is C13H17FO2. The average Bonchev–Trinajstić information content (AvgIpc) is 2.26. The van der Waals surface area contributed by atoms with Gasteiger partial charge in [0.1, 0.15) is 5.82 Å². The number of aryl methyl sites for hydroxylation is 1. The van der Waals surface area contributed by atoms with E-state index < -0.39 is 0 Å². The van der Waals surface area contributed by atoms with Crippen molar-refractivity contribution >= 4 is 5.78 Å². The van der Waals surface area contributed by atoms with Crippen LogP contribution in [0.5, 0.6) is 0 Å². The Kier molecular flexibility index (Phi) is 4.62. The zero-order valence-corrected chi connectivity index (χ0v) is 9.66. The van der Waals surface area contributed by atoms with Gasteiger partial charge in [0, 0.05) is 18.1 Å². The molecule has 0 atom stereocenters. The number of carbonyl (C=O) groups is 1. The second-order valence-corrected chi connectivity index (χ2v) is 4.15. The Hall–Kier alpha value is -1.22. The summed E-state index contributed by atoms with van der Waals surface area (Å²) in [5.41, 5.74) is 0.967. The van der Waals surface area contributed by atoms with E-state index in [9.17, 15) is 9.18 Å². The van der Waals surface area contributed by atoms with Crippen LogP contribution in [0.15, 0.2) is 18.2 Å². The zero-order valence-electron chi connectivity index (χ0n) is 9.66. The van der Waals surface area contributed by atoms with E-state index in [4.69, 9.17) is 5.11 Å². The Bertz CT molecular complexity index is 372. The van der Waals surface area contributed by atoms with E-state index in [1.54, 1.807) is 26.0 Å². The van der Waals surface area contributed by atoms with Crippen LogP contribution in [0.2, 0.25) is 0 Å². The van der Waals surface area contributed by atoms with Gasteiger partial charge < -0.3 is 5.11 Å². The van der Waals surface area contributed by atoms with Gasteiger partial charge in [-0.15, -0.1) is 0 Å². The van der Waals surface area contributed by atoms with Gasteiger partial charge in [0.15, 0.2) is 5.78 Å². The first-order valence-corrected chi connectivity index (χ1v) is 5.49. The average molecular weight is 224 g/mol. The molecule has 0 aliphatic rings. The van der Waals surface area contributed by atoms with Crippen molar-refractivity contribution in [2.24, 2.45) is 5.92 Å². The highest BCUT2D eigenvalue weighted by Crippen LogP contribution is 2.15. The van der Waals surface area contributed by atoms with Crippen molar-refractivity contribution in [1.82, 2.24) is 0 Å². The zero-order chi connectivity index (χ0) is 12.1. The molecule has 1 aromatic carbocycles. The molecule has 88 valence electrons. The Labute approximate surface area is 95.1 Å². The summed E-state index contributed by atoms with van der Waals surface area (Å²) >= 11 is 0. The number of aliphatic hydroxyl groups is 1. The normalized spacial score (nSPS) is 10.8. The van der Waals surface area contributed by atoms with Crippen molar-refractivity contribution in [1.29, 1.82) is 0 Å². The molecule has 0 heterocycles. The number of hydrogen-bond donors (Lipinski definition) is 1. The molecule has 1 rings (SSSR count). The maximum Gasteiger partial charge on any atom is 0.165 e. The van der Waals surface area contributed by atoms with Gasteiger partial charge in [-0.1, -0.05) is 26.0 Å². The van der Waals surface area contributed by atoms with Crippen LogP contribution < -0.4 is 0 Å². The molecule has 0 bridgehead atoms. The molecule has 0 saturated carbocycles. The van der Waals surface area contributed by atoms with Crippen molar-refractivity contribution in [3.63, 3.8) is 0 Å². The van der Waals surface area contributed by atoms with E-state index in [1.807, 2.05) is 0 Å². The van der Waals surface area contributed by atoms with E-state index in [0.29, 0.717) is 24.0 Å². The smallest absolute Gasteiger partial charge is 0.165 e.